The van der Waals surface area contributed by atoms with Crippen LogP contribution in [-0.2, 0) is 0 Å². The largest absolute Gasteiger partial charge is 0.332 e. The Labute approximate surface area is 80.7 Å². The zero-order chi connectivity index (χ0) is 9.42. The Morgan fingerprint density at radius 2 is 2.31 bits per heavy atom. The molecule has 0 aromatic carbocycles. The van der Waals surface area contributed by atoms with E-state index in [0.717, 1.165) is 6.42 Å². The average molecular weight is 197 g/mol. The fourth-order valence-electron chi connectivity index (χ4n) is 1.81. The lowest BCUT2D eigenvalue weighted by molar-refractivity contribution is 0.0260. The molecule has 1 aromatic heterocycles. The van der Waals surface area contributed by atoms with Gasteiger partial charge in [-0.1, -0.05) is 4.49 Å². The van der Waals surface area contributed by atoms with Crippen LogP contribution in [0.3, 0.4) is 0 Å². The van der Waals surface area contributed by atoms with Gasteiger partial charge in [-0.2, -0.15) is 0 Å². The third-order valence-electron chi connectivity index (χ3n) is 2.45. The van der Waals surface area contributed by atoms with Crippen LogP contribution in [0.4, 0.5) is 0 Å². The van der Waals surface area contributed by atoms with Crippen molar-refractivity contribution >= 4 is 17.4 Å². The summed E-state index contributed by atoms with van der Waals surface area (Å²) in [5, 5.41) is 5.46. The van der Waals surface area contributed by atoms with Gasteiger partial charge in [0.15, 0.2) is 5.69 Å². The molecule has 1 amide bonds. The molecule has 1 aliphatic rings. The highest BCUT2D eigenvalue weighted by Crippen LogP contribution is 2.26. The predicted molar refractivity (Wildman–Crippen MR) is 49.6 cm³/mol. The van der Waals surface area contributed by atoms with E-state index in [-0.39, 0.29) is 5.91 Å². The molecule has 2 rings (SSSR count). The number of likely N-dealkylation sites (tertiary alicyclic amines) is 1. The maximum absolute atomic E-state index is 11.7. The molecule has 0 spiro atoms. The van der Waals surface area contributed by atoms with Gasteiger partial charge in [-0.15, -0.1) is 5.10 Å². The van der Waals surface area contributed by atoms with Gasteiger partial charge in [-0.25, -0.2) is 0 Å². The van der Waals surface area contributed by atoms with Crippen LogP contribution in [0.2, 0.25) is 0 Å². The highest BCUT2D eigenvalue weighted by molar-refractivity contribution is 7.03. The first-order chi connectivity index (χ1) is 6.20. The lowest BCUT2D eigenvalue weighted by Crippen LogP contribution is -2.55. The summed E-state index contributed by atoms with van der Waals surface area (Å²) < 4.78 is 3.68. The lowest BCUT2D eigenvalue weighted by Gasteiger charge is -2.45. The fourth-order valence-corrected chi connectivity index (χ4v) is 2.24. The number of nitrogens with zero attached hydrogens (tertiary/aromatic N) is 3. The summed E-state index contributed by atoms with van der Waals surface area (Å²) in [4.78, 5) is 13.6. The van der Waals surface area contributed by atoms with Crippen LogP contribution in [0.5, 0.6) is 0 Å². The third-order valence-corrected chi connectivity index (χ3v) is 2.95. The van der Waals surface area contributed by atoms with Gasteiger partial charge in [0.05, 0.1) is 0 Å². The molecule has 1 fully saturated rings. The van der Waals surface area contributed by atoms with E-state index in [1.165, 1.54) is 11.5 Å². The average Bonchev–Trinajstić information content (AvgIpc) is 2.55. The predicted octanol–water partition coefficient (Wildman–Crippen LogP) is 1.16. The summed E-state index contributed by atoms with van der Waals surface area (Å²) in [5.74, 6) is 0.0139. The smallest absolute Gasteiger partial charge is 0.275 e. The molecule has 13 heavy (non-hydrogen) atoms. The van der Waals surface area contributed by atoms with Gasteiger partial charge in [0.1, 0.15) is 0 Å². The Bertz CT molecular complexity index is 303. The van der Waals surface area contributed by atoms with E-state index in [0.29, 0.717) is 17.8 Å². The van der Waals surface area contributed by atoms with Gasteiger partial charge in [-0.3, -0.25) is 4.79 Å². The summed E-state index contributed by atoms with van der Waals surface area (Å²) >= 11 is 1.21. The minimum atomic E-state index is 0.0139. The maximum Gasteiger partial charge on any atom is 0.275 e. The second-order valence-electron chi connectivity index (χ2n) is 3.44. The topological polar surface area (TPSA) is 46.1 Å². The molecule has 0 N–H and O–H groups in total. The van der Waals surface area contributed by atoms with Gasteiger partial charge in [0, 0.05) is 17.5 Å². The summed E-state index contributed by atoms with van der Waals surface area (Å²) in [5.41, 5.74) is 0.475. The number of amides is 1. The van der Waals surface area contributed by atoms with Crippen LogP contribution >= 0.6 is 11.5 Å². The number of hydrogen-bond acceptors (Lipinski definition) is 4. The van der Waals surface area contributed by atoms with E-state index in [9.17, 15) is 4.79 Å². The van der Waals surface area contributed by atoms with E-state index >= 15 is 0 Å². The first-order valence-electron chi connectivity index (χ1n) is 4.30. The summed E-state index contributed by atoms with van der Waals surface area (Å²) in [7, 11) is 0. The second-order valence-corrected chi connectivity index (χ2v) is 4.05. The van der Waals surface area contributed by atoms with Crippen LogP contribution in [0.1, 0.15) is 30.8 Å². The number of carbonyl (C=O) groups excluding carboxylic acids is 1. The van der Waals surface area contributed by atoms with Crippen molar-refractivity contribution in [2.24, 2.45) is 0 Å². The van der Waals surface area contributed by atoms with E-state index in [4.69, 9.17) is 0 Å². The SMILES string of the molecule is CC1CC(C)N1C(=O)c1csnn1. The molecule has 0 saturated carbocycles. The van der Waals surface area contributed by atoms with Crippen LogP contribution in [0.15, 0.2) is 5.38 Å². The van der Waals surface area contributed by atoms with Crippen molar-refractivity contribution in [1.82, 2.24) is 14.5 Å². The number of carbonyl (C=O) groups is 1. The van der Waals surface area contributed by atoms with Crippen molar-refractivity contribution in [2.75, 3.05) is 0 Å². The monoisotopic (exact) mass is 197 g/mol. The van der Waals surface area contributed by atoms with Gasteiger partial charge in [0.2, 0.25) is 0 Å². The first-order valence-corrected chi connectivity index (χ1v) is 5.13. The Morgan fingerprint density at radius 3 is 2.77 bits per heavy atom. The second kappa shape index (κ2) is 3.06. The normalized spacial score (nSPS) is 27.1. The van der Waals surface area contributed by atoms with Crippen molar-refractivity contribution in [3.63, 3.8) is 0 Å². The highest BCUT2D eigenvalue weighted by atomic mass is 32.1. The molecule has 1 aromatic rings. The van der Waals surface area contributed by atoms with Crippen LogP contribution in [-0.4, -0.2) is 32.5 Å². The van der Waals surface area contributed by atoms with E-state index in [1.807, 2.05) is 4.90 Å². The Balaban J connectivity index is 2.14. The van der Waals surface area contributed by atoms with Gasteiger partial charge in [0.25, 0.3) is 5.91 Å². The molecule has 0 bridgehead atoms. The Morgan fingerprint density at radius 1 is 1.62 bits per heavy atom. The zero-order valence-electron chi connectivity index (χ0n) is 7.60. The fraction of sp³-hybridized carbons (Fsp3) is 0.625. The van der Waals surface area contributed by atoms with E-state index in [1.54, 1.807) is 5.38 Å². The van der Waals surface area contributed by atoms with Crippen molar-refractivity contribution < 1.29 is 4.79 Å². The van der Waals surface area contributed by atoms with Gasteiger partial charge >= 0.3 is 0 Å². The minimum Gasteiger partial charge on any atom is -0.332 e. The summed E-state index contributed by atoms with van der Waals surface area (Å²) in [6.07, 6.45) is 1.09. The van der Waals surface area contributed by atoms with Crippen molar-refractivity contribution in [3.8, 4) is 0 Å². The zero-order valence-corrected chi connectivity index (χ0v) is 8.41. The number of hydrogen-bond donors (Lipinski definition) is 0. The Hall–Kier alpha value is -0.970. The van der Waals surface area contributed by atoms with Crippen LogP contribution in [0.25, 0.3) is 0 Å². The van der Waals surface area contributed by atoms with Crippen LogP contribution in [0, 0.1) is 0 Å². The molecule has 2 unspecified atom stereocenters. The standard InChI is InChI=1S/C8H11N3OS/c1-5-3-6(2)11(5)8(12)7-4-13-10-9-7/h4-6H,3H2,1-2H3. The molecule has 5 heteroatoms. The maximum atomic E-state index is 11.7. The molecule has 2 atom stereocenters. The number of rotatable bonds is 1. The minimum absolute atomic E-state index is 0.0139. The molecule has 4 nitrogen and oxygen atoms in total. The molecule has 0 aliphatic carbocycles. The first kappa shape index (κ1) is 8.62. The molecular formula is C8H11N3OS. The molecule has 0 radical (unpaired) electrons. The summed E-state index contributed by atoms with van der Waals surface area (Å²) in [6, 6.07) is 0.702. The van der Waals surface area contributed by atoms with Crippen molar-refractivity contribution in [3.05, 3.63) is 11.1 Å². The number of aromatic nitrogens is 2. The summed E-state index contributed by atoms with van der Waals surface area (Å²) in [6.45, 7) is 4.11. The lowest BCUT2D eigenvalue weighted by atomic mass is 9.95. The van der Waals surface area contributed by atoms with E-state index in [2.05, 4.69) is 23.4 Å². The van der Waals surface area contributed by atoms with E-state index < -0.39 is 0 Å². The van der Waals surface area contributed by atoms with Gasteiger partial charge < -0.3 is 4.90 Å². The molecule has 70 valence electrons. The molecule has 1 aliphatic heterocycles. The highest BCUT2D eigenvalue weighted by Gasteiger charge is 2.36. The molecular weight excluding hydrogens is 186 g/mol. The van der Waals surface area contributed by atoms with Crippen LogP contribution < -0.4 is 0 Å². The van der Waals surface area contributed by atoms with Gasteiger partial charge in [-0.05, 0) is 31.8 Å². The molecule has 1 saturated heterocycles. The Kier molecular flexibility index (Phi) is 2.03. The third kappa shape index (κ3) is 1.33. The van der Waals surface area contributed by atoms with Crippen molar-refractivity contribution in [2.45, 2.75) is 32.4 Å². The quantitative estimate of drug-likeness (QED) is 0.678. The van der Waals surface area contributed by atoms with Crippen molar-refractivity contribution in [1.29, 1.82) is 0 Å². The molecule has 2 heterocycles.